The van der Waals surface area contributed by atoms with Crippen LogP contribution in [0.4, 0.5) is 5.69 Å². The van der Waals surface area contributed by atoms with Crippen molar-refractivity contribution in [1.82, 2.24) is 4.90 Å². The fourth-order valence-electron chi connectivity index (χ4n) is 4.71. The van der Waals surface area contributed by atoms with Crippen LogP contribution in [0.1, 0.15) is 38.5 Å². The number of ether oxygens (including phenoxy) is 1. The summed E-state index contributed by atoms with van der Waals surface area (Å²) in [4.78, 5) is 17.3. The van der Waals surface area contributed by atoms with Crippen LogP contribution in [0.5, 0.6) is 0 Å². The molecule has 3 aliphatic rings. The van der Waals surface area contributed by atoms with Crippen molar-refractivity contribution in [2.75, 3.05) is 37.6 Å². The quantitative estimate of drug-likeness (QED) is 0.514. The van der Waals surface area contributed by atoms with E-state index in [-0.39, 0.29) is 17.5 Å². The molecule has 1 spiro atoms. The zero-order valence-corrected chi connectivity index (χ0v) is 16.9. The lowest BCUT2D eigenvalue weighted by atomic mass is 9.83. The summed E-state index contributed by atoms with van der Waals surface area (Å²) in [6.45, 7) is 5.39. The summed E-state index contributed by atoms with van der Waals surface area (Å²) in [5, 5.41) is 0. The lowest BCUT2D eigenvalue weighted by molar-refractivity contribution is -0.148. The van der Waals surface area contributed by atoms with Gasteiger partial charge in [0, 0.05) is 42.7 Å². The molecule has 0 amide bonds. The van der Waals surface area contributed by atoms with Gasteiger partial charge < -0.3 is 9.64 Å². The number of carbonyl (C=O) groups excluding carboxylic acids is 1. The van der Waals surface area contributed by atoms with E-state index in [1.165, 1.54) is 22.1 Å². The van der Waals surface area contributed by atoms with E-state index in [1.54, 1.807) is 0 Å². The molecule has 1 saturated carbocycles. The average Bonchev–Trinajstić information content (AvgIpc) is 3.22. The lowest BCUT2D eigenvalue weighted by Crippen LogP contribution is -2.47. The molecule has 4 rings (SSSR count). The van der Waals surface area contributed by atoms with Crippen LogP contribution >= 0.6 is 22.6 Å². The molecule has 0 unspecified atom stereocenters. The summed E-state index contributed by atoms with van der Waals surface area (Å²) in [5.41, 5.74) is 1.25. The van der Waals surface area contributed by atoms with Gasteiger partial charge in [-0.25, -0.2) is 0 Å². The minimum absolute atomic E-state index is 0.0958. The van der Waals surface area contributed by atoms with Gasteiger partial charge in [0.1, 0.15) is 6.10 Å². The molecule has 3 fully saturated rings. The Kier molecular flexibility index (Phi) is 5.23. The van der Waals surface area contributed by atoms with Crippen molar-refractivity contribution >= 4 is 34.2 Å². The molecule has 136 valence electrons. The summed E-state index contributed by atoms with van der Waals surface area (Å²) in [6.07, 6.45) is 6.61. The zero-order valence-electron chi connectivity index (χ0n) is 14.8. The largest absolute Gasteiger partial charge is 0.462 e. The molecule has 5 heteroatoms. The first-order valence-electron chi connectivity index (χ1n) is 9.59. The molecule has 1 aromatic carbocycles. The highest BCUT2D eigenvalue weighted by molar-refractivity contribution is 14.1. The van der Waals surface area contributed by atoms with Crippen LogP contribution in [-0.2, 0) is 9.53 Å². The molecule has 0 aromatic heterocycles. The number of carbonyl (C=O) groups is 1. The first-order valence-corrected chi connectivity index (χ1v) is 10.7. The maximum Gasteiger partial charge on any atom is 0.312 e. The number of anilines is 1. The first kappa shape index (κ1) is 17.6. The fraction of sp³-hybridized carbons (Fsp3) is 0.650. The van der Waals surface area contributed by atoms with E-state index in [1.807, 2.05) is 0 Å². The molecule has 0 bridgehead atoms. The van der Waals surface area contributed by atoms with E-state index in [0.29, 0.717) is 0 Å². The van der Waals surface area contributed by atoms with E-state index in [9.17, 15) is 4.79 Å². The second kappa shape index (κ2) is 7.43. The van der Waals surface area contributed by atoms with Gasteiger partial charge in [0.25, 0.3) is 0 Å². The molecule has 0 N–H and O–H groups in total. The Bertz CT molecular complexity index is 622. The standard InChI is InChI=1S/C20H27IN2O2/c21-17-5-1-2-6-18(17)23-13-11-22(12-14-23)10-7-16-15-20(19(24)25-16)8-3-4-9-20/h1-2,5-6,16H,3-4,7-15H2/t16-/m1/s1. The highest BCUT2D eigenvalue weighted by Crippen LogP contribution is 2.48. The van der Waals surface area contributed by atoms with E-state index in [2.05, 4.69) is 56.7 Å². The monoisotopic (exact) mass is 454 g/mol. The summed E-state index contributed by atoms with van der Waals surface area (Å²) in [5.74, 6) is 0.0958. The van der Waals surface area contributed by atoms with Crippen molar-refractivity contribution in [2.45, 2.75) is 44.6 Å². The Hall–Kier alpha value is -0.820. The van der Waals surface area contributed by atoms with Gasteiger partial charge >= 0.3 is 5.97 Å². The van der Waals surface area contributed by atoms with Crippen LogP contribution in [0.15, 0.2) is 24.3 Å². The Balaban J connectivity index is 1.24. The van der Waals surface area contributed by atoms with Crippen molar-refractivity contribution in [1.29, 1.82) is 0 Å². The molecule has 2 saturated heterocycles. The average molecular weight is 454 g/mol. The number of para-hydroxylation sites is 1. The van der Waals surface area contributed by atoms with E-state index in [4.69, 9.17) is 4.74 Å². The SMILES string of the molecule is O=C1O[C@H](CCN2CCN(c3ccccc3I)CC2)CC12CCCC2. The molecule has 1 aromatic rings. The van der Waals surface area contributed by atoms with Crippen LogP contribution in [-0.4, -0.2) is 49.7 Å². The van der Waals surface area contributed by atoms with Gasteiger partial charge in [-0.15, -0.1) is 0 Å². The van der Waals surface area contributed by atoms with Crippen LogP contribution in [0.2, 0.25) is 0 Å². The Morgan fingerprint density at radius 3 is 2.56 bits per heavy atom. The number of piperazine rings is 1. The van der Waals surface area contributed by atoms with Crippen LogP contribution in [0.3, 0.4) is 0 Å². The number of hydrogen-bond acceptors (Lipinski definition) is 4. The number of benzene rings is 1. The molecular formula is C20H27IN2O2. The fourth-order valence-corrected chi connectivity index (χ4v) is 5.43. The summed E-state index contributed by atoms with van der Waals surface area (Å²) in [7, 11) is 0. The number of hydrogen-bond donors (Lipinski definition) is 0. The van der Waals surface area contributed by atoms with Crippen molar-refractivity contribution in [3.63, 3.8) is 0 Å². The number of esters is 1. The third-order valence-corrected chi connectivity index (χ3v) is 7.13. The number of cyclic esters (lactones) is 1. The third kappa shape index (κ3) is 3.68. The second-order valence-electron chi connectivity index (χ2n) is 7.79. The number of halogens is 1. The number of rotatable bonds is 4. The molecule has 4 nitrogen and oxygen atoms in total. The topological polar surface area (TPSA) is 32.8 Å². The predicted octanol–water partition coefficient (Wildman–Crippen LogP) is 3.68. The smallest absolute Gasteiger partial charge is 0.312 e. The Morgan fingerprint density at radius 2 is 1.84 bits per heavy atom. The lowest BCUT2D eigenvalue weighted by Gasteiger charge is -2.36. The summed E-state index contributed by atoms with van der Waals surface area (Å²) in [6, 6.07) is 8.62. The summed E-state index contributed by atoms with van der Waals surface area (Å²) >= 11 is 2.42. The number of nitrogens with zero attached hydrogens (tertiary/aromatic N) is 2. The maximum atomic E-state index is 12.2. The predicted molar refractivity (Wildman–Crippen MR) is 108 cm³/mol. The highest BCUT2D eigenvalue weighted by atomic mass is 127. The van der Waals surface area contributed by atoms with Gasteiger partial charge in [0.2, 0.25) is 0 Å². The Labute approximate surface area is 164 Å². The maximum absolute atomic E-state index is 12.2. The van der Waals surface area contributed by atoms with Gasteiger partial charge in [0.05, 0.1) is 11.1 Å². The molecule has 0 radical (unpaired) electrons. The van der Waals surface area contributed by atoms with E-state index >= 15 is 0 Å². The van der Waals surface area contributed by atoms with E-state index < -0.39 is 0 Å². The van der Waals surface area contributed by atoms with E-state index in [0.717, 1.165) is 58.4 Å². The highest BCUT2D eigenvalue weighted by Gasteiger charge is 2.50. The van der Waals surface area contributed by atoms with Crippen LogP contribution in [0, 0.1) is 8.99 Å². The zero-order chi connectivity index (χ0) is 17.3. The first-order chi connectivity index (χ1) is 12.2. The normalized spacial score (nSPS) is 26.4. The van der Waals surface area contributed by atoms with Crippen molar-refractivity contribution in [3.8, 4) is 0 Å². The third-order valence-electron chi connectivity index (χ3n) is 6.22. The molecule has 1 aliphatic carbocycles. The van der Waals surface area contributed by atoms with Crippen molar-refractivity contribution < 1.29 is 9.53 Å². The van der Waals surface area contributed by atoms with Gasteiger partial charge in [-0.05, 0) is 54.0 Å². The Morgan fingerprint density at radius 1 is 1.12 bits per heavy atom. The molecule has 2 aliphatic heterocycles. The van der Waals surface area contributed by atoms with Gasteiger partial charge in [0.15, 0.2) is 0 Å². The van der Waals surface area contributed by atoms with Crippen molar-refractivity contribution in [3.05, 3.63) is 27.8 Å². The van der Waals surface area contributed by atoms with Crippen molar-refractivity contribution in [2.24, 2.45) is 5.41 Å². The molecular weight excluding hydrogens is 427 g/mol. The molecule has 2 heterocycles. The van der Waals surface area contributed by atoms with Gasteiger partial charge in [-0.2, -0.15) is 0 Å². The van der Waals surface area contributed by atoms with Gasteiger partial charge in [-0.3, -0.25) is 9.69 Å². The molecule has 25 heavy (non-hydrogen) atoms. The van der Waals surface area contributed by atoms with Crippen LogP contribution < -0.4 is 4.90 Å². The molecule has 1 atom stereocenters. The van der Waals surface area contributed by atoms with Crippen LogP contribution in [0.25, 0.3) is 0 Å². The second-order valence-corrected chi connectivity index (χ2v) is 8.95. The minimum Gasteiger partial charge on any atom is -0.462 e. The summed E-state index contributed by atoms with van der Waals surface area (Å²) < 4.78 is 7.05. The minimum atomic E-state index is -0.104. The van der Waals surface area contributed by atoms with Gasteiger partial charge in [-0.1, -0.05) is 25.0 Å².